The van der Waals surface area contributed by atoms with Crippen molar-refractivity contribution in [1.82, 2.24) is 0 Å². The fourth-order valence-corrected chi connectivity index (χ4v) is 2.25. The van der Waals surface area contributed by atoms with E-state index in [1.165, 1.54) is 0 Å². The molecule has 2 nitrogen and oxygen atoms in total. The molecule has 0 aromatic heterocycles. The van der Waals surface area contributed by atoms with E-state index in [-0.39, 0.29) is 12.3 Å². The Bertz CT molecular complexity index is 333. The Morgan fingerprint density at radius 2 is 2.00 bits per heavy atom. The number of aliphatic carboxylic acids is 1. The number of rotatable bonds is 2. The highest BCUT2D eigenvalue weighted by molar-refractivity contribution is 9.11. The predicted octanol–water partition coefficient (Wildman–Crippen LogP) is 3.57. The van der Waals surface area contributed by atoms with E-state index in [2.05, 4.69) is 15.9 Å². The Kier molecular flexibility index (Phi) is 3.43. The van der Waals surface area contributed by atoms with E-state index < -0.39 is 28.0 Å². The summed E-state index contributed by atoms with van der Waals surface area (Å²) < 4.78 is 35.9. The van der Waals surface area contributed by atoms with E-state index in [4.69, 9.17) is 5.11 Å². The van der Waals surface area contributed by atoms with Gasteiger partial charge in [0.1, 0.15) is 0 Å². The van der Waals surface area contributed by atoms with Gasteiger partial charge >= 0.3 is 12.1 Å². The second-order valence-corrected chi connectivity index (χ2v) is 5.42. The highest BCUT2D eigenvalue weighted by Crippen LogP contribution is 2.53. The lowest BCUT2D eigenvalue weighted by Crippen LogP contribution is -2.48. The van der Waals surface area contributed by atoms with Crippen LogP contribution in [-0.2, 0) is 4.79 Å². The Labute approximate surface area is 99.6 Å². The van der Waals surface area contributed by atoms with Crippen molar-refractivity contribution < 1.29 is 23.1 Å². The fraction of sp³-hybridized carbons (Fsp3) is 0.700. The molecule has 1 aliphatic rings. The number of allylic oxidation sites excluding steroid dienone is 2. The lowest BCUT2D eigenvalue weighted by molar-refractivity contribution is -0.156. The number of alkyl halides is 3. The van der Waals surface area contributed by atoms with Gasteiger partial charge in [0.15, 0.2) is 0 Å². The van der Waals surface area contributed by atoms with Crippen LogP contribution in [0.3, 0.4) is 0 Å². The number of carboxylic acid groups (broad SMARTS) is 1. The fourth-order valence-electron chi connectivity index (χ4n) is 1.93. The molecule has 16 heavy (non-hydrogen) atoms. The quantitative estimate of drug-likeness (QED) is 0.846. The molecule has 6 heteroatoms. The van der Waals surface area contributed by atoms with Crippen LogP contribution in [-0.4, -0.2) is 17.3 Å². The van der Waals surface area contributed by atoms with Gasteiger partial charge in [-0.2, -0.15) is 13.2 Å². The standard InChI is InChI=1S/C10H12BrF3O2/c1-9(2)5(3-6(9)8(15)16)4-7(11)10(12,13)14/h4-6H,3H2,1-2H3,(H,15,16). The van der Waals surface area contributed by atoms with Crippen molar-refractivity contribution >= 4 is 21.9 Å². The molecule has 0 radical (unpaired) electrons. The molecule has 1 fully saturated rings. The first-order valence-electron chi connectivity index (χ1n) is 4.74. The molecule has 1 aliphatic carbocycles. The first kappa shape index (κ1) is 13.5. The number of carboxylic acids is 1. The van der Waals surface area contributed by atoms with Crippen molar-refractivity contribution in [3.8, 4) is 0 Å². The normalized spacial score (nSPS) is 29.8. The van der Waals surface area contributed by atoms with Crippen LogP contribution < -0.4 is 0 Å². The van der Waals surface area contributed by atoms with Crippen LogP contribution in [0.25, 0.3) is 0 Å². The minimum absolute atomic E-state index is 0.257. The van der Waals surface area contributed by atoms with Crippen molar-refractivity contribution in [2.24, 2.45) is 17.3 Å². The van der Waals surface area contributed by atoms with Crippen LogP contribution in [0.5, 0.6) is 0 Å². The van der Waals surface area contributed by atoms with Crippen LogP contribution >= 0.6 is 15.9 Å². The smallest absolute Gasteiger partial charge is 0.422 e. The van der Waals surface area contributed by atoms with Gasteiger partial charge in [0.2, 0.25) is 0 Å². The Hall–Kier alpha value is -0.520. The lowest BCUT2D eigenvalue weighted by Gasteiger charge is -2.48. The first-order valence-corrected chi connectivity index (χ1v) is 5.53. The largest absolute Gasteiger partial charge is 0.481 e. The molecule has 0 aromatic rings. The third kappa shape index (κ3) is 2.42. The van der Waals surface area contributed by atoms with Crippen molar-refractivity contribution in [3.63, 3.8) is 0 Å². The number of halogens is 4. The van der Waals surface area contributed by atoms with Crippen molar-refractivity contribution in [2.45, 2.75) is 26.4 Å². The molecule has 0 spiro atoms. The van der Waals surface area contributed by atoms with E-state index in [0.29, 0.717) is 0 Å². The molecule has 0 aliphatic heterocycles. The van der Waals surface area contributed by atoms with Gasteiger partial charge < -0.3 is 5.11 Å². The van der Waals surface area contributed by atoms with Crippen LogP contribution in [0.1, 0.15) is 20.3 Å². The van der Waals surface area contributed by atoms with E-state index >= 15 is 0 Å². The van der Waals surface area contributed by atoms with Gasteiger partial charge in [0.05, 0.1) is 10.4 Å². The van der Waals surface area contributed by atoms with Gasteiger partial charge in [0.25, 0.3) is 0 Å². The molecule has 1 saturated carbocycles. The summed E-state index contributed by atoms with van der Waals surface area (Å²) in [6.07, 6.45) is -3.07. The van der Waals surface area contributed by atoms with Crippen molar-refractivity contribution in [3.05, 3.63) is 10.6 Å². The van der Waals surface area contributed by atoms with Gasteiger partial charge in [0, 0.05) is 0 Å². The SMILES string of the molecule is CC1(C)C(C=C(Br)C(F)(F)F)CC1C(=O)O. The van der Waals surface area contributed by atoms with Gasteiger partial charge in [-0.3, -0.25) is 4.79 Å². The zero-order valence-corrected chi connectivity index (χ0v) is 10.4. The molecule has 0 heterocycles. The molecule has 0 saturated heterocycles. The van der Waals surface area contributed by atoms with Crippen molar-refractivity contribution in [1.29, 1.82) is 0 Å². The first-order chi connectivity index (χ1) is 7.06. The average molecular weight is 301 g/mol. The molecular weight excluding hydrogens is 289 g/mol. The number of carbonyl (C=O) groups is 1. The zero-order valence-electron chi connectivity index (χ0n) is 8.81. The molecule has 2 unspecified atom stereocenters. The summed E-state index contributed by atoms with van der Waals surface area (Å²) in [5, 5.41) is 8.83. The van der Waals surface area contributed by atoms with E-state index in [1.54, 1.807) is 13.8 Å². The second kappa shape index (κ2) is 4.05. The highest BCUT2D eigenvalue weighted by Gasteiger charge is 2.51. The predicted molar refractivity (Wildman–Crippen MR) is 56.1 cm³/mol. The molecule has 2 atom stereocenters. The Morgan fingerprint density at radius 1 is 1.50 bits per heavy atom. The highest BCUT2D eigenvalue weighted by atomic mass is 79.9. The maximum Gasteiger partial charge on any atom is 0.422 e. The maximum atomic E-state index is 12.2. The third-order valence-electron chi connectivity index (χ3n) is 3.26. The molecule has 1 N–H and O–H groups in total. The molecule has 0 aromatic carbocycles. The maximum absolute atomic E-state index is 12.2. The summed E-state index contributed by atoms with van der Waals surface area (Å²) in [5.74, 6) is -1.87. The summed E-state index contributed by atoms with van der Waals surface area (Å²) in [5.41, 5.74) is -0.629. The van der Waals surface area contributed by atoms with Gasteiger partial charge in [-0.25, -0.2) is 0 Å². The molecule has 0 bridgehead atoms. The minimum atomic E-state index is -4.40. The van der Waals surface area contributed by atoms with E-state index in [1.807, 2.05) is 0 Å². The van der Waals surface area contributed by atoms with Crippen LogP contribution in [0.4, 0.5) is 13.2 Å². The van der Waals surface area contributed by atoms with Gasteiger partial charge in [-0.1, -0.05) is 19.9 Å². The summed E-state index contributed by atoms with van der Waals surface area (Å²) in [6.45, 7) is 3.35. The monoisotopic (exact) mass is 300 g/mol. The zero-order chi connectivity index (χ0) is 12.7. The summed E-state index contributed by atoms with van der Waals surface area (Å²) >= 11 is 2.47. The Morgan fingerprint density at radius 3 is 2.31 bits per heavy atom. The molecule has 0 amide bonds. The van der Waals surface area contributed by atoms with E-state index in [9.17, 15) is 18.0 Å². The minimum Gasteiger partial charge on any atom is -0.481 e. The lowest BCUT2D eigenvalue weighted by atomic mass is 9.55. The van der Waals surface area contributed by atoms with Crippen LogP contribution in [0, 0.1) is 17.3 Å². The number of hydrogen-bond acceptors (Lipinski definition) is 1. The van der Waals surface area contributed by atoms with Gasteiger partial charge in [-0.15, -0.1) is 0 Å². The second-order valence-electron chi connectivity index (χ2n) is 4.57. The van der Waals surface area contributed by atoms with Crippen molar-refractivity contribution in [2.75, 3.05) is 0 Å². The van der Waals surface area contributed by atoms with Gasteiger partial charge in [-0.05, 0) is 33.7 Å². The summed E-state index contributed by atoms with van der Waals surface area (Å²) in [7, 11) is 0. The summed E-state index contributed by atoms with van der Waals surface area (Å²) in [6, 6.07) is 0. The van der Waals surface area contributed by atoms with Crippen LogP contribution in [0.2, 0.25) is 0 Å². The third-order valence-corrected chi connectivity index (χ3v) is 3.97. The number of hydrogen-bond donors (Lipinski definition) is 1. The molecule has 92 valence electrons. The Balaban J connectivity index is 2.78. The topological polar surface area (TPSA) is 37.3 Å². The van der Waals surface area contributed by atoms with Crippen LogP contribution in [0.15, 0.2) is 10.6 Å². The summed E-state index contributed by atoms with van der Waals surface area (Å²) in [4.78, 5) is 10.8. The molecular formula is C10H12BrF3O2. The average Bonchev–Trinajstić information content (AvgIpc) is 2.08. The molecule has 1 rings (SSSR count). The van der Waals surface area contributed by atoms with E-state index in [0.717, 1.165) is 6.08 Å².